The Balaban J connectivity index is 1.60. The maximum atomic E-state index is 14.0. The number of carbonyl (C=O) groups is 5. The number of carboxylic acid groups (broad SMARTS) is 1. The maximum absolute atomic E-state index is 14.0. The largest absolute Gasteiger partial charge is 0.480 e. The summed E-state index contributed by atoms with van der Waals surface area (Å²) in [6.07, 6.45) is -0.250. The van der Waals surface area contributed by atoms with Crippen molar-refractivity contribution in [1.82, 2.24) is 5.32 Å². The number of ether oxygens (including phenoxy) is 1. The second kappa shape index (κ2) is 10.6. The summed E-state index contributed by atoms with van der Waals surface area (Å²) in [6, 6.07) is 16.5. The summed E-state index contributed by atoms with van der Waals surface area (Å²) in [4.78, 5) is 75.7. The van der Waals surface area contributed by atoms with Gasteiger partial charge in [-0.1, -0.05) is 24.3 Å². The molecule has 2 fully saturated rings. The molecule has 2 heterocycles. The molecule has 0 aromatic heterocycles. The molecule has 2 aliphatic rings. The highest BCUT2D eigenvalue weighted by molar-refractivity contribution is 6.24. The highest BCUT2D eigenvalue weighted by atomic mass is 16.6. The molecule has 42 heavy (non-hydrogen) atoms. The Kier molecular flexibility index (Phi) is 7.17. The summed E-state index contributed by atoms with van der Waals surface area (Å²) in [6.45, 7) is 2.63. The SMILES string of the molecule is CC(=O)Oc1ccc(C2NC(Cc3ccc([N+](=O)[O-])cc3)(C(=O)O)C3C(=O)N(c4ccc(C(C)=O)cc4)C(=O)C23)cc1. The van der Waals surface area contributed by atoms with Crippen molar-refractivity contribution < 1.29 is 38.7 Å². The summed E-state index contributed by atoms with van der Waals surface area (Å²) in [5.74, 6) is -5.67. The Hall–Kier alpha value is -5.23. The lowest BCUT2D eigenvalue weighted by molar-refractivity contribution is -0.384. The molecule has 0 aliphatic carbocycles. The number of rotatable bonds is 8. The minimum atomic E-state index is -1.96. The van der Waals surface area contributed by atoms with Crippen LogP contribution in [0.3, 0.4) is 0 Å². The number of nitrogens with one attached hydrogen (secondary N) is 1. The number of non-ortho nitro benzene ring substituents is 1. The van der Waals surface area contributed by atoms with Crippen molar-refractivity contribution in [3.63, 3.8) is 0 Å². The molecule has 2 saturated heterocycles. The number of carbonyl (C=O) groups excluding carboxylic acids is 4. The number of carboxylic acids is 1. The average molecular weight is 572 g/mol. The summed E-state index contributed by atoms with van der Waals surface area (Å²) in [5.41, 5.74) is -0.668. The van der Waals surface area contributed by atoms with E-state index in [9.17, 15) is 39.2 Å². The monoisotopic (exact) mass is 571 g/mol. The number of benzene rings is 3. The summed E-state index contributed by atoms with van der Waals surface area (Å²) in [7, 11) is 0. The van der Waals surface area contributed by atoms with Crippen LogP contribution in [0.2, 0.25) is 0 Å². The number of Topliss-reactive ketones (excluding diaryl/α,β-unsaturated/α-hetero) is 1. The number of esters is 1. The zero-order chi connectivity index (χ0) is 30.3. The fourth-order valence-electron chi connectivity index (χ4n) is 5.79. The Morgan fingerprint density at radius 1 is 0.952 bits per heavy atom. The Morgan fingerprint density at radius 2 is 1.57 bits per heavy atom. The van der Waals surface area contributed by atoms with Gasteiger partial charge in [0.2, 0.25) is 11.8 Å². The molecular formula is C30H25N3O9. The van der Waals surface area contributed by atoms with Gasteiger partial charge in [-0.3, -0.25) is 39.4 Å². The van der Waals surface area contributed by atoms with Crippen LogP contribution in [-0.4, -0.2) is 45.1 Å². The van der Waals surface area contributed by atoms with Crippen LogP contribution in [0, 0.1) is 22.0 Å². The van der Waals surface area contributed by atoms with Crippen LogP contribution < -0.4 is 15.0 Å². The van der Waals surface area contributed by atoms with E-state index < -0.39 is 52.1 Å². The van der Waals surface area contributed by atoms with E-state index in [1.54, 1.807) is 12.1 Å². The first-order valence-corrected chi connectivity index (χ1v) is 12.9. The van der Waals surface area contributed by atoms with Crippen molar-refractivity contribution in [2.24, 2.45) is 11.8 Å². The number of anilines is 1. The molecule has 3 aromatic carbocycles. The van der Waals surface area contributed by atoms with E-state index in [1.165, 1.54) is 74.5 Å². The number of fused-ring (bicyclic) bond motifs is 1. The van der Waals surface area contributed by atoms with Crippen LogP contribution in [0.15, 0.2) is 72.8 Å². The number of nitro benzene ring substituents is 1. The third-order valence-corrected chi connectivity index (χ3v) is 7.70. The van der Waals surface area contributed by atoms with E-state index in [0.717, 1.165) is 4.90 Å². The number of amides is 2. The Bertz CT molecular complexity index is 1620. The van der Waals surface area contributed by atoms with Crippen molar-refractivity contribution >= 4 is 40.9 Å². The Labute approximate surface area is 239 Å². The van der Waals surface area contributed by atoms with Crippen LogP contribution in [0.5, 0.6) is 5.75 Å². The van der Waals surface area contributed by atoms with Crippen molar-refractivity contribution in [2.45, 2.75) is 31.8 Å². The van der Waals surface area contributed by atoms with Gasteiger partial charge in [0, 0.05) is 37.1 Å². The smallest absolute Gasteiger partial charge is 0.325 e. The predicted octanol–water partition coefficient (Wildman–Crippen LogP) is 3.24. The van der Waals surface area contributed by atoms with Crippen LogP contribution in [0.25, 0.3) is 0 Å². The van der Waals surface area contributed by atoms with Crippen molar-refractivity contribution in [3.8, 4) is 5.75 Å². The van der Waals surface area contributed by atoms with Crippen LogP contribution in [0.4, 0.5) is 11.4 Å². The predicted molar refractivity (Wildman–Crippen MR) is 147 cm³/mol. The van der Waals surface area contributed by atoms with Gasteiger partial charge in [0.25, 0.3) is 5.69 Å². The molecule has 3 aromatic rings. The van der Waals surface area contributed by atoms with Gasteiger partial charge in [-0.2, -0.15) is 0 Å². The van der Waals surface area contributed by atoms with E-state index in [4.69, 9.17) is 4.74 Å². The standard InChI is InChI=1S/C30H25N3O9/c1-16(34)19-5-11-21(12-6-19)32-27(36)24-25(28(32)37)30(29(38)39,15-18-3-9-22(10-4-18)33(40)41)31-26(24)20-7-13-23(14-8-20)42-17(2)35/h3-14,24-26,31H,15H2,1-2H3,(H,38,39). The molecule has 2 N–H and O–H groups in total. The van der Waals surface area contributed by atoms with Gasteiger partial charge in [0.05, 0.1) is 22.4 Å². The van der Waals surface area contributed by atoms with Gasteiger partial charge >= 0.3 is 11.9 Å². The lowest BCUT2D eigenvalue weighted by Crippen LogP contribution is -2.57. The van der Waals surface area contributed by atoms with Crippen LogP contribution >= 0.6 is 0 Å². The van der Waals surface area contributed by atoms with Crippen molar-refractivity contribution in [1.29, 1.82) is 0 Å². The molecule has 0 bridgehead atoms. The second-order valence-corrected chi connectivity index (χ2v) is 10.3. The molecule has 4 unspecified atom stereocenters. The van der Waals surface area contributed by atoms with E-state index in [1.807, 2.05) is 0 Å². The molecule has 2 amide bonds. The number of aliphatic carboxylic acids is 1. The highest BCUT2D eigenvalue weighted by Crippen LogP contribution is 2.51. The lowest BCUT2D eigenvalue weighted by atomic mass is 9.76. The molecule has 12 heteroatoms. The third-order valence-electron chi connectivity index (χ3n) is 7.70. The van der Waals surface area contributed by atoms with Crippen molar-refractivity contribution in [2.75, 3.05) is 4.90 Å². The molecule has 0 spiro atoms. The molecule has 4 atom stereocenters. The number of hydrogen-bond donors (Lipinski definition) is 2. The van der Waals surface area contributed by atoms with E-state index >= 15 is 0 Å². The normalized spacial score (nSPS) is 23.0. The number of nitro groups is 1. The first kappa shape index (κ1) is 28.3. The maximum Gasteiger partial charge on any atom is 0.325 e. The molecule has 12 nitrogen and oxygen atoms in total. The van der Waals surface area contributed by atoms with Gasteiger partial charge in [-0.25, -0.2) is 4.90 Å². The lowest BCUT2D eigenvalue weighted by Gasteiger charge is -2.31. The van der Waals surface area contributed by atoms with Crippen molar-refractivity contribution in [3.05, 3.63) is 99.6 Å². The molecule has 0 radical (unpaired) electrons. The molecular weight excluding hydrogens is 546 g/mol. The number of hydrogen-bond acceptors (Lipinski definition) is 9. The molecule has 5 rings (SSSR count). The average Bonchev–Trinajstić information content (AvgIpc) is 3.42. The van der Waals surface area contributed by atoms with Crippen LogP contribution in [0.1, 0.15) is 41.4 Å². The van der Waals surface area contributed by atoms with Crippen LogP contribution in [-0.2, 0) is 25.6 Å². The second-order valence-electron chi connectivity index (χ2n) is 10.3. The minimum absolute atomic E-state index is 0.182. The van der Waals surface area contributed by atoms with Gasteiger partial charge < -0.3 is 9.84 Å². The number of ketones is 1. The number of nitrogens with zero attached hydrogens (tertiary/aromatic N) is 2. The van der Waals surface area contributed by atoms with E-state index in [-0.39, 0.29) is 29.3 Å². The molecule has 2 aliphatic heterocycles. The summed E-state index contributed by atoms with van der Waals surface area (Å²) >= 11 is 0. The van der Waals surface area contributed by atoms with Gasteiger partial charge in [0.15, 0.2) is 5.78 Å². The van der Waals surface area contributed by atoms with E-state index in [2.05, 4.69) is 5.32 Å². The third kappa shape index (κ3) is 4.81. The quantitative estimate of drug-likeness (QED) is 0.102. The van der Waals surface area contributed by atoms with Gasteiger partial charge in [0.1, 0.15) is 11.3 Å². The summed E-state index contributed by atoms with van der Waals surface area (Å²) in [5, 5.41) is 24.8. The first-order chi connectivity index (χ1) is 19.9. The molecule has 0 saturated carbocycles. The van der Waals surface area contributed by atoms with E-state index in [0.29, 0.717) is 16.7 Å². The summed E-state index contributed by atoms with van der Waals surface area (Å²) < 4.78 is 5.09. The highest BCUT2D eigenvalue weighted by Gasteiger charge is 2.68. The fraction of sp³-hybridized carbons (Fsp3) is 0.233. The Morgan fingerprint density at radius 3 is 2.10 bits per heavy atom. The first-order valence-electron chi connectivity index (χ1n) is 12.9. The zero-order valence-electron chi connectivity index (χ0n) is 22.5. The zero-order valence-corrected chi connectivity index (χ0v) is 22.5. The van der Waals surface area contributed by atoms with Gasteiger partial charge in [-0.15, -0.1) is 0 Å². The fourth-order valence-corrected chi connectivity index (χ4v) is 5.79. The topological polar surface area (TPSA) is 173 Å². The minimum Gasteiger partial charge on any atom is -0.480 e. The molecule has 214 valence electrons. The number of imide groups is 1. The van der Waals surface area contributed by atoms with Gasteiger partial charge in [-0.05, 0) is 54.4 Å².